The number of benzene rings is 3. The summed E-state index contributed by atoms with van der Waals surface area (Å²) < 4.78 is 2.15. The summed E-state index contributed by atoms with van der Waals surface area (Å²) >= 11 is 0. The quantitative estimate of drug-likeness (QED) is 0.358. The highest BCUT2D eigenvalue weighted by molar-refractivity contribution is 5.84. The molecule has 4 rings (SSSR count). The van der Waals surface area contributed by atoms with E-state index < -0.39 is 0 Å². The first-order valence-electron chi connectivity index (χ1n) is 8.76. The van der Waals surface area contributed by atoms with Gasteiger partial charge in [-0.1, -0.05) is 29.8 Å². The van der Waals surface area contributed by atoms with Gasteiger partial charge < -0.3 is 0 Å². The van der Waals surface area contributed by atoms with Gasteiger partial charge in [0.2, 0.25) is 0 Å². The Kier molecular flexibility index (Phi) is 4.00. The molecule has 3 aromatic carbocycles. The molecule has 27 heavy (non-hydrogen) atoms. The Morgan fingerprint density at radius 3 is 2.19 bits per heavy atom. The molecule has 5 nitrogen and oxygen atoms in total. The normalized spacial score (nSPS) is 11.1. The van der Waals surface area contributed by atoms with Crippen molar-refractivity contribution in [3.05, 3.63) is 87.5 Å². The molecule has 0 atom stereocenters. The first-order valence-corrected chi connectivity index (χ1v) is 8.76. The van der Waals surface area contributed by atoms with Gasteiger partial charge in [-0.3, -0.25) is 14.7 Å². The fourth-order valence-corrected chi connectivity index (χ4v) is 3.70. The fraction of sp³-hybridized carbons (Fsp3) is 0.136. The standard InChI is InChI=1S/C22H19N3O2/c1-14-12-15(2)21(16(3)13-14)24-20-7-5-4-6-19(20)23-22(24)17-8-10-18(11-9-17)25(26)27/h4-13H,1-3H3. The molecule has 0 spiro atoms. The number of nitro groups is 1. The highest BCUT2D eigenvalue weighted by Gasteiger charge is 2.18. The van der Waals surface area contributed by atoms with E-state index >= 15 is 0 Å². The average molecular weight is 357 g/mol. The van der Waals surface area contributed by atoms with Gasteiger partial charge in [0.25, 0.3) is 5.69 Å². The van der Waals surface area contributed by atoms with Crippen LogP contribution in [-0.2, 0) is 0 Å². The maximum Gasteiger partial charge on any atom is 0.269 e. The van der Waals surface area contributed by atoms with E-state index in [4.69, 9.17) is 4.98 Å². The predicted molar refractivity (Wildman–Crippen MR) is 107 cm³/mol. The zero-order valence-corrected chi connectivity index (χ0v) is 15.4. The van der Waals surface area contributed by atoms with Gasteiger partial charge in [0.15, 0.2) is 0 Å². The van der Waals surface area contributed by atoms with E-state index in [1.54, 1.807) is 12.1 Å². The number of imidazole rings is 1. The van der Waals surface area contributed by atoms with Crippen LogP contribution in [0.5, 0.6) is 0 Å². The summed E-state index contributed by atoms with van der Waals surface area (Å²) in [5.41, 5.74) is 7.47. The second kappa shape index (κ2) is 6.36. The maximum atomic E-state index is 11.0. The molecule has 0 aliphatic rings. The topological polar surface area (TPSA) is 61.0 Å². The first-order chi connectivity index (χ1) is 13.0. The Hall–Kier alpha value is -3.47. The smallest absolute Gasteiger partial charge is 0.269 e. The van der Waals surface area contributed by atoms with Gasteiger partial charge in [-0.25, -0.2) is 4.98 Å². The predicted octanol–water partition coefficient (Wildman–Crippen LogP) is 5.53. The lowest BCUT2D eigenvalue weighted by molar-refractivity contribution is -0.384. The molecular formula is C22H19N3O2. The van der Waals surface area contributed by atoms with Crippen molar-refractivity contribution >= 4 is 16.7 Å². The van der Waals surface area contributed by atoms with Crippen LogP contribution in [0.15, 0.2) is 60.7 Å². The number of hydrogen-bond donors (Lipinski definition) is 0. The molecular weight excluding hydrogens is 338 g/mol. The van der Waals surface area contributed by atoms with Gasteiger partial charge in [-0.2, -0.15) is 0 Å². The number of para-hydroxylation sites is 2. The highest BCUT2D eigenvalue weighted by atomic mass is 16.6. The summed E-state index contributed by atoms with van der Waals surface area (Å²) in [5.74, 6) is 0.779. The van der Waals surface area contributed by atoms with Crippen LogP contribution in [0.3, 0.4) is 0 Å². The minimum absolute atomic E-state index is 0.0732. The summed E-state index contributed by atoms with van der Waals surface area (Å²) in [6.45, 7) is 6.29. The van der Waals surface area contributed by atoms with Crippen molar-refractivity contribution in [3.63, 3.8) is 0 Å². The van der Waals surface area contributed by atoms with E-state index in [1.165, 1.54) is 28.8 Å². The Bertz CT molecular complexity index is 1150. The molecule has 0 aliphatic heterocycles. The monoisotopic (exact) mass is 357 g/mol. The summed E-state index contributed by atoms with van der Waals surface area (Å²) in [5, 5.41) is 11.0. The molecule has 0 saturated heterocycles. The van der Waals surface area contributed by atoms with E-state index in [1.807, 2.05) is 18.2 Å². The molecule has 4 aromatic rings. The largest absolute Gasteiger partial charge is 0.292 e. The van der Waals surface area contributed by atoms with Crippen LogP contribution in [0.4, 0.5) is 5.69 Å². The van der Waals surface area contributed by atoms with Crippen LogP contribution < -0.4 is 0 Å². The molecule has 1 aromatic heterocycles. The van der Waals surface area contributed by atoms with Gasteiger partial charge in [0.1, 0.15) is 5.82 Å². The number of fused-ring (bicyclic) bond motifs is 1. The molecule has 0 fully saturated rings. The number of non-ortho nitro benzene ring substituents is 1. The van der Waals surface area contributed by atoms with Gasteiger partial charge in [-0.15, -0.1) is 0 Å². The average Bonchev–Trinajstić information content (AvgIpc) is 3.00. The van der Waals surface area contributed by atoms with Gasteiger partial charge >= 0.3 is 0 Å². The molecule has 134 valence electrons. The second-order valence-corrected chi connectivity index (χ2v) is 6.81. The molecule has 5 heteroatoms. The van der Waals surface area contributed by atoms with Gasteiger partial charge in [-0.05, 0) is 56.2 Å². The highest BCUT2D eigenvalue weighted by Crippen LogP contribution is 2.32. The summed E-state index contributed by atoms with van der Waals surface area (Å²) in [4.78, 5) is 15.4. The third-order valence-corrected chi connectivity index (χ3v) is 4.76. The van der Waals surface area contributed by atoms with E-state index in [2.05, 4.69) is 43.5 Å². The van der Waals surface area contributed by atoms with E-state index in [0.717, 1.165) is 28.1 Å². The maximum absolute atomic E-state index is 11.0. The van der Waals surface area contributed by atoms with Crippen LogP contribution in [0.25, 0.3) is 28.1 Å². The fourth-order valence-electron chi connectivity index (χ4n) is 3.70. The SMILES string of the molecule is Cc1cc(C)c(-n2c(-c3ccc([N+](=O)[O-])cc3)nc3ccccc32)c(C)c1. The van der Waals surface area contributed by atoms with Crippen molar-refractivity contribution in [2.45, 2.75) is 20.8 Å². The minimum Gasteiger partial charge on any atom is -0.292 e. The molecule has 0 unspecified atom stereocenters. The number of aromatic nitrogens is 2. The first kappa shape index (κ1) is 17.0. The van der Waals surface area contributed by atoms with Crippen molar-refractivity contribution in [1.82, 2.24) is 9.55 Å². The van der Waals surface area contributed by atoms with Crippen LogP contribution in [0, 0.1) is 30.9 Å². The van der Waals surface area contributed by atoms with Crippen molar-refractivity contribution in [2.75, 3.05) is 0 Å². The lowest BCUT2D eigenvalue weighted by Gasteiger charge is -2.16. The molecule has 0 radical (unpaired) electrons. The molecule has 0 saturated carbocycles. The second-order valence-electron chi connectivity index (χ2n) is 6.81. The zero-order chi connectivity index (χ0) is 19.1. The molecule has 0 N–H and O–H groups in total. The lowest BCUT2D eigenvalue weighted by Crippen LogP contribution is -2.03. The summed E-state index contributed by atoms with van der Waals surface area (Å²) in [7, 11) is 0. The van der Waals surface area contributed by atoms with Crippen LogP contribution in [0.1, 0.15) is 16.7 Å². The number of nitro benzene ring substituents is 1. The summed E-state index contributed by atoms with van der Waals surface area (Å²) in [6, 6.07) is 18.9. The number of hydrogen-bond acceptors (Lipinski definition) is 3. The minimum atomic E-state index is -0.388. The van der Waals surface area contributed by atoms with E-state index in [9.17, 15) is 10.1 Å². The lowest BCUT2D eigenvalue weighted by atomic mass is 10.0. The van der Waals surface area contributed by atoms with Crippen molar-refractivity contribution in [1.29, 1.82) is 0 Å². The number of aryl methyl sites for hydroxylation is 3. The molecule has 0 aliphatic carbocycles. The Balaban J connectivity index is 2.03. The molecule has 0 bridgehead atoms. The Labute approximate surface area is 157 Å². The third-order valence-electron chi connectivity index (χ3n) is 4.76. The molecule has 1 heterocycles. The van der Waals surface area contributed by atoms with Crippen molar-refractivity contribution < 1.29 is 4.92 Å². The summed E-state index contributed by atoms with van der Waals surface area (Å²) in [6.07, 6.45) is 0. The Morgan fingerprint density at radius 1 is 0.926 bits per heavy atom. The van der Waals surface area contributed by atoms with Crippen molar-refractivity contribution in [3.8, 4) is 17.1 Å². The van der Waals surface area contributed by atoms with Crippen molar-refractivity contribution in [2.24, 2.45) is 0 Å². The van der Waals surface area contributed by atoms with Crippen LogP contribution >= 0.6 is 0 Å². The number of rotatable bonds is 3. The van der Waals surface area contributed by atoms with E-state index in [0.29, 0.717) is 0 Å². The number of nitrogens with zero attached hydrogens (tertiary/aromatic N) is 3. The van der Waals surface area contributed by atoms with Gasteiger partial charge in [0.05, 0.1) is 21.6 Å². The van der Waals surface area contributed by atoms with E-state index in [-0.39, 0.29) is 10.6 Å². The Morgan fingerprint density at radius 2 is 1.56 bits per heavy atom. The van der Waals surface area contributed by atoms with Crippen LogP contribution in [0.2, 0.25) is 0 Å². The van der Waals surface area contributed by atoms with Crippen LogP contribution in [-0.4, -0.2) is 14.5 Å². The zero-order valence-electron chi connectivity index (χ0n) is 15.4. The third kappa shape index (κ3) is 2.87. The van der Waals surface area contributed by atoms with Gasteiger partial charge in [0, 0.05) is 17.7 Å². The molecule has 0 amide bonds.